The maximum absolute atomic E-state index is 12.6. The van der Waals surface area contributed by atoms with E-state index in [-0.39, 0.29) is 40.8 Å². The van der Waals surface area contributed by atoms with Crippen LogP contribution in [-0.2, 0) is 4.79 Å². The SMILES string of the molecule is CC1C(N)CCC(C(=O)NC2CC(O)C2(C)C)C1(C)C. The lowest BCUT2D eigenvalue weighted by Crippen LogP contribution is -2.63. The van der Waals surface area contributed by atoms with Gasteiger partial charge in [0.05, 0.1) is 6.10 Å². The highest BCUT2D eigenvalue weighted by Gasteiger charge is 2.50. The molecule has 5 unspecified atom stereocenters. The summed E-state index contributed by atoms with van der Waals surface area (Å²) in [5.74, 6) is 0.497. The number of nitrogens with two attached hydrogens (primary N) is 1. The minimum atomic E-state index is -0.306. The van der Waals surface area contributed by atoms with Crippen LogP contribution in [0.1, 0.15) is 53.9 Å². The molecule has 116 valence electrons. The Morgan fingerprint density at radius 1 is 1.20 bits per heavy atom. The molecule has 4 nitrogen and oxygen atoms in total. The number of aliphatic hydroxyl groups excluding tert-OH is 1. The minimum absolute atomic E-state index is 0.0193. The van der Waals surface area contributed by atoms with Crippen molar-refractivity contribution >= 4 is 5.91 Å². The summed E-state index contributed by atoms with van der Waals surface area (Å²) in [6.07, 6.45) is 2.14. The summed E-state index contributed by atoms with van der Waals surface area (Å²) < 4.78 is 0. The number of nitrogens with one attached hydrogen (secondary N) is 1. The van der Waals surface area contributed by atoms with Gasteiger partial charge in [-0.05, 0) is 30.6 Å². The summed E-state index contributed by atoms with van der Waals surface area (Å²) in [5, 5.41) is 12.9. The summed E-state index contributed by atoms with van der Waals surface area (Å²) >= 11 is 0. The number of hydrogen-bond donors (Lipinski definition) is 3. The number of rotatable bonds is 2. The highest BCUT2D eigenvalue weighted by atomic mass is 16.3. The Morgan fingerprint density at radius 2 is 1.80 bits per heavy atom. The van der Waals surface area contributed by atoms with Crippen LogP contribution in [0.5, 0.6) is 0 Å². The van der Waals surface area contributed by atoms with E-state index in [2.05, 4.69) is 26.1 Å². The topological polar surface area (TPSA) is 75.4 Å². The van der Waals surface area contributed by atoms with Crippen molar-refractivity contribution in [3.63, 3.8) is 0 Å². The molecule has 0 heterocycles. The second kappa shape index (κ2) is 4.99. The van der Waals surface area contributed by atoms with Crippen molar-refractivity contribution in [2.24, 2.45) is 28.4 Å². The van der Waals surface area contributed by atoms with Gasteiger partial charge in [0, 0.05) is 23.4 Å². The molecule has 0 aromatic heterocycles. The molecule has 4 N–H and O–H groups in total. The van der Waals surface area contributed by atoms with E-state index in [4.69, 9.17) is 5.73 Å². The van der Waals surface area contributed by atoms with Gasteiger partial charge in [0.1, 0.15) is 0 Å². The largest absolute Gasteiger partial charge is 0.392 e. The minimum Gasteiger partial charge on any atom is -0.392 e. The smallest absolute Gasteiger partial charge is 0.223 e. The van der Waals surface area contributed by atoms with E-state index < -0.39 is 0 Å². The Hall–Kier alpha value is -0.610. The Balaban J connectivity index is 2.03. The fourth-order valence-electron chi connectivity index (χ4n) is 3.74. The summed E-state index contributed by atoms with van der Waals surface area (Å²) in [7, 11) is 0. The Bertz CT molecular complexity index is 392. The first-order valence-electron chi connectivity index (χ1n) is 7.82. The maximum atomic E-state index is 12.6. The van der Waals surface area contributed by atoms with Crippen molar-refractivity contribution in [1.82, 2.24) is 5.32 Å². The van der Waals surface area contributed by atoms with Crippen molar-refractivity contribution < 1.29 is 9.90 Å². The zero-order chi connectivity index (χ0) is 15.3. The van der Waals surface area contributed by atoms with E-state index in [1.54, 1.807) is 0 Å². The van der Waals surface area contributed by atoms with E-state index in [1.165, 1.54) is 0 Å². The molecule has 0 spiro atoms. The zero-order valence-corrected chi connectivity index (χ0v) is 13.4. The van der Waals surface area contributed by atoms with Crippen molar-refractivity contribution in [2.75, 3.05) is 0 Å². The zero-order valence-electron chi connectivity index (χ0n) is 13.4. The molecule has 5 atom stereocenters. The summed E-state index contributed by atoms with van der Waals surface area (Å²) in [6, 6.07) is 0.280. The average Bonchev–Trinajstić information content (AvgIpc) is 2.35. The molecule has 20 heavy (non-hydrogen) atoms. The van der Waals surface area contributed by atoms with Crippen LogP contribution in [0.4, 0.5) is 0 Å². The van der Waals surface area contributed by atoms with Crippen molar-refractivity contribution in [3.05, 3.63) is 0 Å². The van der Waals surface area contributed by atoms with Gasteiger partial charge in [-0.15, -0.1) is 0 Å². The molecule has 2 fully saturated rings. The molecule has 4 heteroatoms. The normalized spacial score (nSPS) is 42.6. The molecule has 0 aromatic carbocycles. The molecule has 0 aliphatic heterocycles. The predicted octanol–water partition coefficient (Wildman–Crippen LogP) is 1.66. The van der Waals surface area contributed by atoms with Crippen LogP contribution in [-0.4, -0.2) is 29.2 Å². The molecule has 0 radical (unpaired) electrons. The number of aliphatic hydroxyl groups is 1. The van der Waals surface area contributed by atoms with Gasteiger partial charge in [0.15, 0.2) is 0 Å². The second-order valence-electron chi connectivity index (χ2n) is 8.04. The third-order valence-electron chi connectivity index (χ3n) is 6.35. The van der Waals surface area contributed by atoms with Gasteiger partial charge in [-0.2, -0.15) is 0 Å². The van der Waals surface area contributed by atoms with Crippen molar-refractivity contribution in [1.29, 1.82) is 0 Å². The van der Waals surface area contributed by atoms with E-state index in [1.807, 2.05) is 13.8 Å². The fraction of sp³-hybridized carbons (Fsp3) is 0.938. The lowest BCUT2D eigenvalue weighted by Gasteiger charge is -2.51. The summed E-state index contributed by atoms with van der Waals surface area (Å²) in [5.41, 5.74) is 5.86. The summed E-state index contributed by atoms with van der Waals surface area (Å²) in [6.45, 7) is 10.5. The highest BCUT2D eigenvalue weighted by molar-refractivity contribution is 5.80. The third-order valence-corrected chi connectivity index (χ3v) is 6.35. The number of carbonyl (C=O) groups is 1. The molecule has 2 rings (SSSR count). The van der Waals surface area contributed by atoms with Gasteiger partial charge in [-0.25, -0.2) is 0 Å². The molecular weight excluding hydrogens is 252 g/mol. The van der Waals surface area contributed by atoms with Gasteiger partial charge in [-0.3, -0.25) is 4.79 Å². The third kappa shape index (κ3) is 2.37. The molecule has 1 amide bonds. The molecule has 0 saturated heterocycles. The van der Waals surface area contributed by atoms with Crippen LogP contribution in [0.3, 0.4) is 0 Å². The first kappa shape index (κ1) is 15.8. The van der Waals surface area contributed by atoms with Crippen molar-refractivity contribution in [3.8, 4) is 0 Å². The lowest BCUT2D eigenvalue weighted by atomic mass is 9.60. The van der Waals surface area contributed by atoms with Crippen LogP contribution in [0, 0.1) is 22.7 Å². The Kier molecular flexibility index (Phi) is 3.93. The number of amides is 1. The van der Waals surface area contributed by atoms with E-state index >= 15 is 0 Å². The van der Waals surface area contributed by atoms with Gasteiger partial charge >= 0.3 is 0 Å². The van der Waals surface area contributed by atoms with E-state index in [0.29, 0.717) is 12.3 Å². The number of hydrogen-bond acceptors (Lipinski definition) is 3. The monoisotopic (exact) mass is 282 g/mol. The van der Waals surface area contributed by atoms with Gasteiger partial charge in [0.2, 0.25) is 5.91 Å². The fourth-order valence-corrected chi connectivity index (χ4v) is 3.74. The Labute approximate surface area is 122 Å². The van der Waals surface area contributed by atoms with Crippen molar-refractivity contribution in [2.45, 2.75) is 72.1 Å². The molecule has 2 aliphatic carbocycles. The van der Waals surface area contributed by atoms with Crippen LogP contribution >= 0.6 is 0 Å². The second-order valence-corrected chi connectivity index (χ2v) is 8.04. The van der Waals surface area contributed by atoms with Crippen LogP contribution < -0.4 is 11.1 Å². The van der Waals surface area contributed by atoms with Crippen LogP contribution in [0.2, 0.25) is 0 Å². The Morgan fingerprint density at radius 3 is 2.30 bits per heavy atom. The standard InChI is InChI=1S/C16H30N2O2/c1-9-11(17)7-6-10(15(9,2)3)14(20)18-12-8-13(19)16(12,4)5/h9-13,19H,6-8,17H2,1-5H3,(H,18,20). The van der Waals surface area contributed by atoms with Gasteiger partial charge in [-0.1, -0.05) is 34.6 Å². The molecule has 0 aromatic rings. The molecular formula is C16H30N2O2. The van der Waals surface area contributed by atoms with Gasteiger partial charge in [0.25, 0.3) is 0 Å². The number of carbonyl (C=O) groups excluding carboxylic acids is 1. The van der Waals surface area contributed by atoms with Crippen LogP contribution in [0.25, 0.3) is 0 Å². The molecule has 2 aliphatic rings. The quantitative estimate of drug-likeness (QED) is 0.721. The summed E-state index contributed by atoms with van der Waals surface area (Å²) in [4.78, 5) is 12.6. The van der Waals surface area contributed by atoms with E-state index in [0.717, 1.165) is 12.8 Å². The predicted molar refractivity (Wildman–Crippen MR) is 80.0 cm³/mol. The molecule has 0 bridgehead atoms. The van der Waals surface area contributed by atoms with Gasteiger partial charge < -0.3 is 16.2 Å². The lowest BCUT2D eigenvalue weighted by molar-refractivity contribution is -0.140. The van der Waals surface area contributed by atoms with E-state index in [9.17, 15) is 9.90 Å². The molecule has 2 saturated carbocycles. The maximum Gasteiger partial charge on any atom is 0.223 e. The first-order valence-corrected chi connectivity index (χ1v) is 7.82. The first-order chi connectivity index (χ1) is 9.08. The average molecular weight is 282 g/mol. The van der Waals surface area contributed by atoms with Crippen LogP contribution in [0.15, 0.2) is 0 Å². The highest BCUT2D eigenvalue weighted by Crippen LogP contribution is 2.45.